The quantitative estimate of drug-likeness (QED) is 0.617. The highest BCUT2D eigenvalue weighted by molar-refractivity contribution is 6.31. The molecule has 1 atom stereocenters. The first-order valence-electron chi connectivity index (χ1n) is 8.95. The van der Waals surface area contributed by atoms with Gasteiger partial charge in [-0.05, 0) is 37.1 Å². The molecule has 0 spiro atoms. The predicted octanol–water partition coefficient (Wildman–Crippen LogP) is 5.03. The molecule has 3 rings (SSSR count). The van der Waals surface area contributed by atoms with Crippen LogP contribution in [0.4, 0.5) is 4.39 Å². The molecular weight excluding hydrogens is 434 g/mol. The van der Waals surface area contributed by atoms with Gasteiger partial charge < -0.3 is 15.2 Å². The minimum absolute atomic E-state index is 0.0136. The Hall–Kier alpha value is -2.90. The van der Waals surface area contributed by atoms with Crippen LogP contribution in [0.2, 0.25) is 10.0 Å². The van der Waals surface area contributed by atoms with Crippen molar-refractivity contribution in [1.82, 2.24) is 10.3 Å². The number of benzene rings is 1. The fourth-order valence-corrected chi connectivity index (χ4v) is 3.26. The van der Waals surface area contributed by atoms with E-state index in [2.05, 4.69) is 10.3 Å². The number of pyridine rings is 1. The third-order valence-corrected chi connectivity index (χ3v) is 5.03. The maximum atomic E-state index is 14.0. The molecule has 1 aliphatic rings. The lowest BCUT2D eigenvalue weighted by molar-refractivity contribution is -0.146. The number of nitrogens with zero attached hydrogens (tertiary/aromatic N) is 1. The average molecular weight is 451 g/mol. The first kappa shape index (κ1) is 21.8. The van der Waals surface area contributed by atoms with Gasteiger partial charge in [0.15, 0.2) is 11.6 Å². The minimum Gasteiger partial charge on any atom is -0.481 e. The number of carboxylic acids is 1. The van der Waals surface area contributed by atoms with Gasteiger partial charge in [0.2, 0.25) is 5.88 Å². The molecule has 2 N–H and O–H groups in total. The van der Waals surface area contributed by atoms with Crippen LogP contribution in [-0.2, 0) is 4.79 Å². The van der Waals surface area contributed by atoms with Crippen molar-refractivity contribution in [1.29, 1.82) is 0 Å². The number of carbonyl (C=O) groups is 2. The second-order valence-electron chi connectivity index (χ2n) is 6.64. The summed E-state index contributed by atoms with van der Waals surface area (Å²) in [6.07, 6.45) is 8.61. The SMILES string of the molecule is O=C(NCCC1(C(=O)O)C=CC=CC1)c1cc(Cl)cnc1Oc1ccc(Cl)cc1F. The van der Waals surface area contributed by atoms with Crippen molar-refractivity contribution in [3.8, 4) is 11.6 Å². The number of ether oxygens (including phenoxy) is 1. The molecule has 156 valence electrons. The Morgan fingerprint density at radius 1 is 1.23 bits per heavy atom. The summed E-state index contributed by atoms with van der Waals surface area (Å²) >= 11 is 11.7. The molecule has 2 aromatic rings. The maximum absolute atomic E-state index is 14.0. The molecule has 6 nitrogen and oxygen atoms in total. The fraction of sp³-hybridized carbons (Fsp3) is 0.190. The first-order chi connectivity index (χ1) is 14.3. The standard InChI is InChI=1S/C21H17Cl2FN2O4/c22-13-4-5-17(16(24)11-13)30-19-15(10-14(23)12-26-19)18(27)25-9-8-21(20(28)29)6-2-1-3-7-21/h1-6,10-12H,7-9H2,(H,25,27)(H,28,29). The van der Waals surface area contributed by atoms with E-state index in [1.54, 1.807) is 24.3 Å². The number of amides is 1. The van der Waals surface area contributed by atoms with E-state index in [1.807, 2.05) is 0 Å². The van der Waals surface area contributed by atoms with E-state index in [4.69, 9.17) is 27.9 Å². The van der Waals surface area contributed by atoms with Crippen LogP contribution >= 0.6 is 23.2 Å². The maximum Gasteiger partial charge on any atom is 0.313 e. The predicted molar refractivity (Wildman–Crippen MR) is 111 cm³/mol. The topological polar surface area (TPSA) is 88.5 Å². The third kappa shape index (κ3) is 4.98. The molecule has 30 heavy (non-hydrogen) atoms. The van der Waals surface area contributed by atoms with Crippen LogP contribution in [0.15, 0.2) is 54.8 Å². The van der Waals surface area contributed by atoms with Crippen molar-refractivity contribution in [3.05, 3.63) is 76.2 Å². The Balaban J connectivity index is 1.74. The molecule has 1 unspecified atom stereocenters. The van der Waals surface area contributed by atoms with E-state index in [-0.39, 0.29) is 40.2 Å². The lowest BCUT2D eigenvalue weighted by atomic mass is 9.79. The summed E-state index contributed by atoms with van der Waals surface area (Å²) < 4.78 is 19.5. The summed E-state index contributed by atoms with van der Waals surface area (Å²) in [7, 11) is 0. The monoisotopic (exact) mass is 450 g/mol. The lowest BCUT2D eigenvalue weighted by Gasteiger charge is -2.26. The number of aliphatic carboxylic acids is 1. The Labute approximate surface area is 182 Å². The van der Waals surface area contributed by atoms with Crippen molar-refractivity contribution < 1.29 is 23.8 Å². The Morgan fingerprint density at radius 2 is 2.03 bits per heavy atom. The molecule has 0 fully saturated rings. The molecule has 0 bridgehead atoms. The second kappa shape index (κ2) is 9.28. The molecule has 1 aliphatic carbocycles. The first-order valence-corrected chi connectivity index (χ1v) is 9.71. The molecular formula is C21H17Cl2FN2O4. The van der Waals surface area contributed by atoms with Crippen LogP contribution in [0.3, 0.4) is 0 Å². The normalized spacial score (nSPS) is 17.6. The van der Waals surface area contributed by atoms with E-state index in [1.165, 1.54) is 24.4 Å². The molecule has 0 saturated heterocycles. The Morgan fingerprint density at radius 3 is 2.70 bits per heavy atom. The van der Waals surface area contributed by atoms with E-state index in [0.717, 1.165) is 6.07 Å². The summed E-state index contributed by atoms with van der Waals surface area (Å²) in [5, 5.41) is 12.6. The van der Waals surface area contributed by atoms with E-state index in [9.17, 15) is 19.1 Å². The summed E-state index contributed by atoms with van der Waals surface area (Å²) in [6.45, 7) is 0.0879. The second-order valence-corrected chi connectivity index (χ2v) is 7.51. The Bertz CT molecular complexity index is 1040. The van der Waals surface area contributed by atoms with Crippen LogP contribution in [0.1, 0.15) is 23.2 Å². The highest BCUT2D eigenvalue weighted by atomic mass is 35.5. The summed E-state index contributed by atoms with van der Waals surface area (Å²) in [5.41, 5.74) is -1.10. The zero-order chi connectivity index (χ0) is 21.7. The number of nitrogens with one attached hydrogen (secondary N) is 1. The number of hydrogen-bond acceptors (Lipinski definition) is 4. The van der Waals surface area contributed by atoms with Gasteiger partial charge in [-0.15, -0.1) is 0 Å². The lowest BCUT2D eigenvalue weighted by Crippen LogP contribution is -2.35. The van der Waals surface area contributed by atoms with Gasteiger partial charge >= 0.3 is 5.97 Å². The molecule has 1 aromatic heterocycles. The number of carbonyl (C=O) groups excluding carboxylic acids is 1. The van der Waals surface area contributed by atoms with E-state index >= 15 is 0 Å². The van der Waals surface area contributed by atoms with Gasteiger partial charge in [-0.3, -0.25) is 9.59 Å². The van der Waals surface area contributed by atoms with Crippen LogP contribution in [0.5, 0.6) is 11.6 Å². The largest absolute Gasteiger partial charge is 0.481 e. The molecule has 0 aliphatic heterocycles. The average Bonchev–Trinajstić information content (AvgIpc) is 2.71. The molecule has 1 aromatic carbocycles. The molecule has 1 amide bonds. The molecule has 9 heteroatoms. The number of aromatic nitrogens is 1. The van der Waals surface area contributed by atoms with Gasteiger partial charge in [-0.2, -0.15) is 0 Å². The Kier molecular flexibility index (Phi) is 6.74. The number of rotatable bonds is 7. The van der Waals surface area contributed by atoms with Crippen LogP contribution in [0.25, 0.3) is 0 Å². The fourth-order valence-electron chi connectivity index (χ4n) is 2.94. The summed E-state index contributed by atoms with van der Waals surface area (Å²) in [6, 6.07) is 5.16. The highest BCUT2D eigenvalue weighted by Gasteiger charge is 2.35. The van der Waals surface area contributed by atoms with Crippen molar-refractivity contribution in [3.63, 3.8) is 0 Å². The highest BCUT2D eigenvalue weighted by Crippen LogP contribution is 2.32. The third-order valence-electron chi connectivity index (χ3n) is 4.59. The number of hydrogen-bond donors (Lipinski definition) is 2. The summed E-state index contributed by atoms with van der Waals surface area (Å²) in [4.78, 5) is 28.3. The van der Waals surface area contributed by atoms with Gasteiger partial charge in [0.25, 0.3) is 5.91 Å². The van der Waals surface area contributed by atoms with E-state index in [0.29, 0.717) is 6.42 Å². The van der Waals surface area contributed by atoms with Gasteiger partial charge in [-0.1, -0.05) is 47.5 Å². The van der Waals surface area contributed by atoms with Gasteiger partial charge in [-0.25, -0.2) is 9.37 Å². The van der Waals surface area contributed by atoms with Crippen LogP contribution in [0, 0.1) is 11.2 Å². The van der Waals surface area contributed by atoms with Gasteiger partial charge in [0.1, 0.15) is 5.56 Å². The molecule has 0 radical (unpaired) electrons. The van der Waals surface area contributed by atoms with Gasteiger partial charge in [0.05, 0.1) is 10.4 Å². The van der Waals surface area contributed by atoms with Gasteiger partial charge in [0, 0.05) is 17.8 Å². The number of halogens is 3. The molecule has 1 heterocycles. The van der Waals surface area contributed by atoms with Crippen molar-refractivity contribution in [2.24, 2.45) is 5.41 Å². The smallest absolute Gasteiger partial charge is 0.313 e. The number of allylic oxidation sites excluding steroid dienone is 3. The zero-order valence-corrected chi connectivity index (χ0v) is 17.1. The van der Waals surface area contributed by atoms with Crippen molar-refractivity contribution in [2.75, 3.05) is 6.54 Å². The number of carboxylic acid groups (broad SMARTS) is 1. The minimum atomic E-state index is -1.08. The van der Waals surface area contributed by atoms with Crippen molar-refractivity contribution >= 4 is 35.1 Å². The van der Waals surface area contributed by atoms with Crippen LogP contribution in [-0.4, -0.2) is 28.5 Å². The zero-order valence-electron chi connectivity index (χ0n) is 15.6. The van der Waals surface area contributed by atoms with Crippen LogP contribution < -0.4 is 10.1 Å². The summed E-state index contributed by atoms with van der Waals surface area (Å²) in [5.74, 6) is -2.57. The van der Waals surface area contributed by atoms with E-state index < -0.39 is 23.1 Å². The van der Waals surface area contributed by atoms with Crippen molar-refractivity contribution in [2.45, 2.75) is 12.8 Å². The molecule has 0 saturated carbocycles.